The van der Waals surface area contributed by atoms with Crippen molar-refractivity contribution in [3.63, 3.8) is 0 Å². The number of carbonyl (C=O) groups is 2. The van der Waals surface area contributed by atoms with E-state index in [9.17, 15) is 0 Å². The molecule has 14 nitrogen and oxygen atoms in total. The number of hydrogen-bond donors (Lipinski definition) is 0. The first-order valence-corrected chi connectivity index (χ1v) is 5.61. The fourth-order valence-electron chi connectivity index (χ4n) is 0. The first kappa shape index (κ1) is 50.1. The summed E-state index contributed by atoms with van der Waals surface area (Å²) < 4.78 is 17.1. The number of rotatable bonds is 0. The van der Waals surface area contributed by atoms with E-state index in [4.69, 9.17) is 68.5 Å². The van der Waals surface area contributed by atoms with Gasteiger partial charge in [-0.15, -0.1) is 0 Å². The Hall–Kier alpha value is 3.80. The summed E-state index contributed by atoms with van der Waals surface area (Å²) in [5, 5.41) is 33.3. The van der Waals surface area contributed by atoms with E-state index in [1.165, 1.54) is 0 Å². The maximum atomic E-state index is 8.55. The predicted molar refractivity (Wildman–Crippen MR) is 51.2 cm³/mol. The van der Waals surface area contributed by atoms with Crippen LogP contribution in [0, 0.1) is 0 Å². The molecular formula is C2H2Ca4O14P2. The third-order valence-corrected chi connectivity index (χ3v) is 0. The smallest absolute Gasteiger partial charge is 0.822 e. The number of hydrogen-bond acceptors (Lipinski definition) is 14. The van der Waals surface area contributed by atoms with Gasteiger partial charge in [-0.05, 0) is 12.3 Å². The average molecular weight is 472 g/mol. The van der Waals surface area contributed by atoms with E-state index in [0.29, 0.717) is 0 Å². The van der Waals surface area contributed by atoms with Gasteiger partial charge in [-0.3, -0.25) is 0 Å². The zero-order chi connectivity index (χ0) is 16.2. The SMILES string of the molecule is O=C([O-])[O-].O=C([O-])[O-].O=P([O-])([O-])[O-].O=P([O-])([O-])[O-].[Ca+2].[Ca+2].[Ca+2].[Ca+2].[H+].[H+]. The molecule has 0 unspecified atom stereocenters. The van der Waals surface area contributed by atoms with E-state index in [-0.39, 0.29) is 154 Å². The van der Waals surface area contributed by atoms with E-state index in [0.717, 1.165) is 0 Å². The minimum atomic E-state index is -5.39. The number of phosphoric acid groups is 2. The van der Waals surface area contributed by atoms with Crippen molar-refractivity contribution in [3.05, 3.63) is 0 Å². The standard InChI is InChI=1S/2CH2O3.4Ca.2H3O4P/c2*2-1(3)4;;;;;2*1-5(2,3)4/h2*(H2,2,3,4);;;;;2*(H3,1,2,3,4)/q;;4*+2;;/p-8. The summed E-state index contributed by atoms with van der Waals surface area (Å²) in [7, 11) is -10.8. The molecule has 0 amide bonds. The normalized spacial score (nSPS) is 7.55. The molecule has 0 N–H and O–H groups in total. The number of carbonyl (C=O) groups excluding carboxylic acids is 2. The summed E-state index contributed by atoms with van der Waals surface area (Å²) in [6, 6.07) is 0. The van der Waals surface area contributed by atoms with E-state index in [1.54, 1.807) is 0 Å². The van der Waals surface area contributed by atoms with Crippen LogP contribution in [-0.2, 0) is 9.13 Å². The van der Waals surface area contributed by atoms with Crippen LogP contribution < -0.4 is 49.8 Å². The molecule has 0 saturated heterocycles. The Bertz CT molecular complexity index is 274. The molecule has 0 aliphatic carbocycles. The third-order valence-electron chi connectivity index (χ3n) is 0. The molecule has 0 aliphatic rings. The van der Waals surface area contributed by atoms with Crippen molar-refractivity contribution in [2.75, 3.05) is 0 Å². The minimum absolute atomic E-state index is 0. The van der Waals surface area contributed by atoms with Crippen molar-refractivity contribution in [1.82, 2.24) is 0 Å². The van der Waals surface area contributed by atoms with Gasteiger partial charge in [-0.1, -0.05) is 0 Å². The molecule has 112 valence electrons. The average Bonchev–Trinajstić information content (AvgIpc) is 1.70. The van der Waals surface area contributed by atoms with Gasteiger partial charge in [0.05, 0.1) is 0 Å². The maximum Gasteiger partial charge on any atom is 2.00 e. The van der Waals surface area contributed by atoms with Crippen molar-refractivity contribution in [2.45, 2.75) is 0 Å². The van der Waals surface area contributed by atoms with Gasteiger partial charge in [0, 0.05) is 0 Å². The van der Waals surface area contributed by atoms with Crippen molar-refractivity contribution >= 4 is 179 Å². The van der Waals surface area contributed by atoms with Gasteiger partial charge in [0.25, 0.3) is 0 Å². The monoisotopic (exact) mass is 472 g/mol. The van der Waals surface area contributed by atoms with Crippen molar-refractivity contribution < 1.29 is 71.4 Å². The molecule has 0 spiro atoms. The molecule has 0 atom stereocenters. The van der Waals surface area contributed by atoms with Crippen LogP contribution in [0.5, 0.6) is 0 Å². The summed E-state index contributed by atoms with van der Waals surface area (Å²) >= 11 is 0. The van der Waals surface area contributed by atoms with Crippen LogP contribution in [0.25, 0.3) is 0 Å². The van der Waals surface area contributed by atoms with Crippen molar-refractivity contribution in [2.24, 2.45) is 0 Å². The third kappa shape index (κ3) is 857. The molecule has 0 aromatic rings. The molecule has 0 fully saturated rings. The van der Waals surface area contributed by atoms with Crippen LogP contribution in [0.2, 0.25) is 0 Å². The first-order chi connectivity index (χ1) is 7.46. The Morgan fingerprint density at radius 3 is 0.545 bits per heavy atom. The van der Waals surface area contributed by atoms with E-state index >= 15 is 0 Å². The van der Waals surface area contributed by atoms with Gasteiger partial charge >= 0.3 is 154 Å². The summed E-state index contributed by atoms with van der Waals surface area (Å²) in [6.07, 6.45) is -4.67. The van der Waals surface area contributed by atoms with E-state index in [2.05, 4.69) is 0 Å². The molecular weight excluding hydrogens is 470 g/mol. The van der Waals surface area contributed by atoms with Crippen LogP contribution in [0.1, 0.15) is 2.85 Å². The molecule has 0 bridgehead atoms. The molecule has 0 aromatic carbocycles. The molecule has 0 aliphatic heterocycles. The second-order valence-electron chi connectivity index (χ2n) is 1.39. The van der Waals surface area contributed by atoms with Gasteiger partial charge in [-0.2, -0.15) is 15.6 Å². The zero-order valence-electron chi connectivity index (χ0n) is 12.4. The second kappa shape index (κ2) is 29.6. The Morgan fingerprint density at radius 2 is 0.545 bits per heavy atom. The number of carboxylic acid groups (broad SMARTS) is 4. The Morgan fingerprint density at radius 1 is 0.545 bits per heavy atom. The van der Waals surface area contributed by atoms with Crippen molar-refractivity contribution in [3.8, 4) is 0 Å². The van der Waals surface area contributed by atoms with Crippen LogP contribution in [0.15, 0.2) is 0 Å². The van der Waals surface area contributed by atoms with E-state index < -0.39 is 28.0 Å². The molecule has 20 heteroatoms. The predicted octanol–water partition coefficient (Wildman–Crippen LogP) is -11.8. The minimum Gasteiger partial charge on any atom is -0.822 e. The first-order valence-electron chi connectivity index (χ1n) is 2.69. The Balaban J connectivity index is -0.0000000126. The molecule has 22 heavy (non-hydrogen) atoms. The summed E-state index contributed by atoms with van der Waals surface area (Å²) in [6.45, 7) is 0. The van der Waals surface area contributed by atoms with Gasteiger partial charge in [0.15, 0.2) is 0 Å². The summed E-state index contributed by atoms with van der Waals surface area (Å²) in [5.41, 5.74) is 0. The quantitative estimate of drug-likeness (QED) is 0.233. The Labute approximate surface area is 245 Å². The fourth-order valence-corrected chi connectivity index (χ4v) is 0. The van der Waals surface area contributed by atoms with Crippen LogP contribution in [0.3, 0.4) is 0 Å². The molecule has 0 saturated carbocycles. The van der Waals surface area contributed by atoms with Crippen LogP contribution in [0.4, 0.5) is 9.59 Å². The van der Waals surface area contributed by atoms with Gasteiger partial charge < -0.3 is 68.5 Å². The van der Waals surface area contributed by atoms with Crippen molar-refractivity contribution in [1.29, 1.82) is 0 Å². The molecule has 0 radical (unpaired) electrons. The van der Waals surface area contributed by atoms with Gasteiger partial charge in [-0.25, -0.2) is 0 Å². The van der Waals surface area contributed by atoms with E-state index in [1.807, 2.05) is 0 Å². The second-order valence-corrected chi connectivity index (χ2v) is 3.18. The zero-order valence-corrected chi connectivity index (χ0v) is 21.1. The van der Waals surface area contributed by atoms with Crippen LogP contribution in [-0.4, -0.2) is 163 Å². The van der Waals surface area contributed by atoms with Gasteiger partial charge in [0.2, 0.25) is 0 Å². The molecule has 0 heterocycles. The molecule has 0 rings (SSSR count). The van der Waals surface area contributed by atoms with Gasteiger partial charge in [0.1, 0.15) is 0 Å². The Kier molecular flexibility index (Phi) is 67.3. The molecule has 0 aromatic heterocycles. The summed E-state index contributed by atoms with van der Waals surface area (Å²) in [5.74, 6) is 0. The van der Waals surface area contributed by atoms with Crippen LogP contribution >= 0.6 is 15.6 Å². The fraction of sp³-hybridized carbons (Fsp3) is 0. The largest absolute Gasteiger partial charge is 2.00 e. The topological polar surface area (TPSA) is 299 Å². The summed E-state index contributed by atoms with van der Waals surface area (Å²) in [4.78, 5) is 68.0. The maximum absolute atomic E-state index is 8.55.